The Hall–Kier alpha value is -3.39. The molecule has 0 spiro atoms. The Morgan fingerprint density at radius 2 is 1.93 bits per heavy atom. The largest absolute Gasteiger partial charge is 0.450 e. The summed E-state index contributed by atoms with van der Waals surface area (Å²) < 4.78 is 34.0. The van der Waals surface area contributed by atoms with Crippen LogP contribution in [0.2, 0.25) is 0 Å². The van der Waals surface area contributed by atoms with Crippen LogP contribution in [-0.2, 0) is 0 Å². The highest BCUT2D eigenvalue weighted by Crippen LogP contribution is 2.42. The van der Waals surface area contributed by atoms with Crippen molar-refractivity contribution < 1.29 is 18.0 Å². The van der Waals surface area contributed by atoms with Gasteiger partial charge in [-0.15, -0.1) is 11.3 Å². The molecule has 5 rings (SSSR count). The molecule has 1 unspecified atom stereocenters. The third-order valence-electron chi connectivity index (χ3n) is 4.66. The van der Waals surface area contributed by atoms with Crippen molar-refractivity contribution in [3.05, 3.63) is 92.8 Å². The Balaban J connectivity index is 1.87. The molecule has 138 valence electrons. The average molecular weight is 396 g/mol. The summed E-state index contributed by atoms with van der Waals surface area (Å²) in [4.78, 5) is 31.7. The average Bonchev–Trinajstić information content (AvgIpc) is 3.30. The van der Waals surface area contributed by atoms with Crippen molar-refractivity contribution in [2.45, 2.75) is 6.04 Å². The van der Waals surface area contributed by atoms with Crippen molar-refractivity contribution in [2.24, 2.45) is 0 Å². The van der Waals surface area contributed by atoms with Gasteiger partial charge in [-0.1, -0.05) is 18.2 Å². The molecule has 1 amide bonds. The van der Waals surface area contributed by atoms with E-state index in [-0.39, 0.29) is 27.9 Å². The van der Waals surface area contributed by atoms with Gasteiger partial charge in [-0.25, -0.2) is 13.8 Å². The Labute approximate surface area is 160 Å². The maximum absolute atomic E-state index is 14.6. The zero-order chi connectivity index (χ0) is 19.4. The number of thiazole rings is 1. The number of carbonyl (C=O) groups is 1. The molecule has 0 bridgehead atoms. The zero-order valence-electron chi connectivity index (χ0n) is 14.1. The van der Waals surface area contributed by atoms with Gasteiger partial charge in [-0.05, 0) is 24.3 Å². The minimum atomic E-state index is -1.06. The SMILES string of the molecule is O=C1c2oc3ccc(F)cc3c(=O)c2C(c2ccccc2F)N1c1nccs1. The highest BCUT2D eigenvalue weighted by atomic mass is 32.1. The molecule has 1 atom stereocenters. The standard InChI is InChI=1S/C20H10F2N2O3S/c21-10-5-6-14-12(9-10)17(25)15-16(11-3-1-2-4-13(11)22)24(19(26)18(15)27-14)20-23-7-8-28-20/h1-9,16H. The number of rotatable bonds is 2. The second-order valence-electron chi connectivity index (χ2n) is 6.23. The van der Waals surface area contributed by atoms with E-state index in [9.17, 15) is 18.4 Å². The number of amides is 1. The molecule has 4 aromatic rings. The van der Waals surface area contributed by atoms with Crippen LogP contribution in [0.3, 0.4) is 0 Å². The molecule has 0 N–H and O–H groups in total. The lowest BCUT2D eigenvalue weighted by Crippen LogP contribution is -2.29. The van der Waals surface area contributed by atoms with Gasteiger partial charge in [-0.3, -0.25) is 14.5 Å². The van der Waals surface area contributed by atoms with Crippen LogP contribution >= 0.6 is 11.3 Å². The first-order valence-corrected chi connectivity index (χ1v) is 9.18. The minimum Gasteiger partial charge on any atom is -0.450 e. The topological polar surface area (TPSA) is 63.4 Å². The molecule has 0 saturated heterocycles. The number of carbonyl (C=O) groups excluding carboxylic acids is 1. The van der Waals surface area contributed by atoms with Gasteiger partial charge in [0.2, 0.25) is 5.76 Å². The van der Waals surface area contributed by atoms with Gasteiger partial charge >= 0.3 is 0 Å². The lowest BCUT2D eigenvalue weighted by atomic mass is 9.98. The third kappa shape index (κ3) is 2.31. The lowest BCUT2D eigenvalue weighted by Gasteiger charge is -2.22. The predicted octanol–water partition coefficient (Wildman–Crippen LogP) is 4.28. The van der Waals surface area contributed by atoms with Gasteiger partial charge < -0.3 is 4.42 Å². The fourth-order valence-electron chi connectivity index (χ4n) is 3.47. The van der Waals surface area contributed by atoms with Crippen LogP contribution in [0.4, 0.5) is 13.9 Å². The van der Waals surface area contributed by atoms with Crippen LogP contribution in [0.5, 0.6) is 0 Å². The summed E-state index contributed by atoms with van der Waals surface area (Å²) in [5.74, 6) is -1.97. The maximum atomic E-state index is 14.6. The molecule has 28 heavy (non-hydrogen) atoms. The molecule has 0 radical (unpaired) electrons. The first-order valence-electron chi connectivity index (χ1n) is 8.30. The fourth-order valence-corrected chi connectivity index (χ4v) is 4.14. The van der Waals surface area contributed by atoms with Gasteiger partial charge in [0.05, 0.1) is 10.9 Å². The molecule has 1 aliphatic rings. The van der Waals surface area contributed by atoms with E-state index in [1.54, 1.807) is 11.4 Å². The van der Waals surface area contributed by atoms with E-state index in [2.05, 4.69) is 4.98 Å². The second kappa shape index (κ2) is 6.07. The highest BCUT2D eigenvalue weighted by Gasteiger charge is 2.45. The molecule has 8 heteroatoms. The van der Waals surface area contributed by atoms with Crippen LogP contribution in [0.15, 0.2) is 63.3 Å². The first-order chi connectivity index (χ1) is 13.6. The molecule has 5 nitrogen and oxygen atoms in total. The maximum Gasteiger partial charge on any atom is 0.297 e. The molecular weight excluding hydrogens is 386 g/mol. The van der Waals surface area contributed by atoms with Crippen LogP contribution in [0, 0.1) is 11.6 Å². The van der Waals surface area contributed by atoms with E-state index in [1.807, 2.05) is 0 Å². The molecule has 2 aromatic carbocycles. The molecule has 0 aliphatic carbocycles. The van der Waals surface area contributed by atoms with Crippen molar-refractivity contribution in [2.75, 3.05) is 4.90 Å². The van der Waals surface area contributed by atoms with E-state index in [0.29, 0.717) is 5.13 Å². The zero-order valence-corrected chi connectivity index (χ0v) is 14.9. The van der Waals surface area contributed by atoms with Crippen LogP contribution in [0.25, 0.3) is 11.0 Å². The highest BCUT2D eigenvalue weighted by molar-refractivity contribution is 7.13. The number of nitrogens with zero attached hydrogens (tertiary/aromatic N) is 2. The van der Waals surface area contributed by atoms with E-state index >= 15 is 0 Å². The van der Waals surface area contributed by atoms with E-state index in [1.165, 1.54) is 46.7 Å². The summed E-state index contributed by atoms with van der Waals surface area (Å²) in [6, 6.07) is 8.31. The molecular formula is C20H10F2N2O3S. The van der Waals surface area contributed by atoms with Crippen molar-refractivity contribution in [3.63, 3.8) is 0 Å². The number of benzene rings is 2. The minimum absolute atomic E-state index is 0.00567. The first kappa shape index (κ1) is 16.8. The van der Waals surface area contributed by atoms with Gasteiger partial charge in [0.25, 0.3) is 5.91 Å². The van der Waals surface area contributed by atoms with E-state index in [4.69, 9.17) is 4.42 Å². The molecule has 3 heterocycles. The van der Waals surface area contributed by atoms with Gasteiger partial charge in [0.15, 0.2) is 10.6 Å². The lowest BCUT2D eigenvalue weighted by molar-refractivity contribution is 0.0970. The summed E-state index contributed by atoms with van der Waals surface area (Å²) in [7, 11) is 0. The molecule has 1 aliphatic heterocycles. The van der Waals surface area contributed by atoms with Gasteiger partial charge in [-0.2, -0.15) is 0 Å². The molecule has 2 aromatic heterocycles. The van der Waals surface area contributed by atoms with Crippen molar-refractivity contribution in [1.82, 2.24) is 4.98 Å². The van der Waals surface area contributed by atoms with Gasteiger partial charge in [0.1, 0.15) is 23.3 Å². The van der Waals surface area contributed by atoms with Crippen LogP contribution in [-0.4, -0.2) is 10.9 Å². The normalized spacial score (nSPS) is 16.0. The number of halogens is 2. The van der Waals surface area contributed by atoms with Crippen molar-refractivity contribution in [1.29, 1.82) is 0 Å². The monoisotopic (exact) mass is 396 g/mol. The second-order valence-corrected chi connectivity index (χ2v) is 7.10. The Kier molecular flexibility index (Phi) is 3.63. The number of aromatic nitrogens is 1. The van der Waals surface area contributed by atoms with Crippen LogP contribution in [0.1, 0.15) is 27.7 Å². The summed E-state index contributed by atoms with van der Waals surface area (Å²) in [5.41, 5.74) is -0.376. The molecule has 0 saturated carbocycles. The quantitative estimate of drug-likeness (QED) is 0.507. The smallest absolute Gasteiger partial charge is 0.297 e. The number of fused-ring (bicyclic) bond motifs is 2. The van der Waals surface area contributed by atoms with Gasteiger partial charge in [0, 0.05) is 17.1 Å². The summed E-state index contributed by atoms with van der Waals surface area (Å²) in [5, 5.41) is 1.97. The summed E-state index contributed by atoms with van der Waals surface area (Å²) >= 11 is 1.18. The fraction of sp³-hybridized carbons (Fsp3) is 0.0500. The summed E-state index contributed by atoms with van der Waals surface area (Å²) in [6.45, 7) is 0. The van der Waals surface area contributed by atoms with E-state index < -0.39 is 29.0 Å². The number of anilines is 1. The Morgan fingerprint density at radius 3 is 2.68 bits per heavy atom. The Bertz CT molecular complexity index is 1300. The predicted molar refractivity (Wildman–Crippen MR) is 99.6 cm³/mol. The number of hydrogen-bond donors (Lipinski definition) is 0. The third-order valence-corrected chi connectivity index (χ3v) is 5.43. The number of hydrogen-bond acceptors (Lipinski definition) is 5. The Morgan fingerprint density at radius 1 is 1.11 bits per heavy atom. The van der Waals surface area contributed by atoms with E-state index in [0.717, 1.165) is 12.1 Å². The van der Waals surface area contributed by atoms with Crippen molar-refractivity contribution >= 4 is 33.3 Å². The van der Waals surface area contributed by atoms with Crippen molar-refractivity contribution in [3.8, 4) is 0 Å². The van der Waals surface area contributed by atoms with Crippen LogP contribution < -0.4 is 10.3 Å². The summed E-state index contributed by atoms with van der Waals surface area (Å²) in [6.07, 6.45) is 1.51. The molecule has 0 fully saturated rings.